The molecule has 0 unspecified atom stereocenters. The van der Waals surface area contributed by atoms with Gasteiger partial charge in [0.25, 0.3) is 6.43 Å². The predicted octanol–water partition coefficient (Wildman–Crippen LogP) is 5.23. The summed E-state index contributed by atoms with van der Waals surface area (Å²) in [6, 6.07) is 10.5. The molecule has 3 heterocycles. The first-order chi connectivity index (χ1) is 14.4. The normalized spacial score (nSPS) is 12.5. The minimum Gasteiger partial charge on any atom is -0.313 e. The van der Waals surface area contributed by atoms with Crippen LogP contribution in [-0.2, 0) is 6.54 Å². The molecule has 4 aromatic rings. The molecule has 30 heavy (non-hydrogen) atoms. The molecule has 4 rings (SSSR count). The maximum absolute atomic E-state index is 12.9. The number of aromatic nitrogens is 6. The highest BCUT2D eigenvalue weighted by atomic mass is 35.5. The minimum atomic E-state index is -2.61. The lowest BCUT2D eigenvalue weighted by atomic mass is 10.2. The third-order valence-corrected chi connectivity index (χ3v) is 5.87. The van der Waals surface area contributed by atoms with Gasteiger partial charge in [-0.3, -0.25) is 9.36 Å². The Bertz CT molecular complexity index is 1150. The zero-order valence-corrected chi connectivity index (χ0v) is 17.7. The van der Waals surface area contributed by atoms with Crippen molar-refractivity contribution < 1.29 is 8.78 Å². The van der Waals surface area contributed by atoms with Gasteiger partial charge in [0.05, 0.1) is 6.54 Å². The van der Waals surface area contributed by atoms with Gasteiger partial charge in [0.1, 0.15) is 16.7 Å². The number of anilines is 2. The molecule has 0 aliphatic carbocycles. The first-order valence-corrected chi connectivity index (χ1v) is 10.3. The summed E-state index contributed by atoms with van der Waals surface area (Å²) in [6.45, 7) is 4.13. The van der Waals surface area contributed by atoms with E-state index >= 15 is 0 Å². The van der Waals surface area contributed by atoms with Gasteiger partial charge in [-0.15, -0.1) is 10.2 Å². The Balaban J connectivity index is 1.45. The zero-order valence-electron chi connectivity index (χ0n) is 16.1. The van der Waals surface area contributed by atoms with Crippen LogP contribution >= 0.6 is 22.9 Å². The van der Waals surface area contributed by atoms with Crippen LogP contribution in [-0.4, -0.2) is 29.8 Å². The smallest absolute Gasteiger partial charge is 0.282 e. The molecule has 0 aliphatic heterocycles. The maximum atomic E-state index is 12.9. The Morgan fingerprint density at radius 1 is 1.17 bits per heavy atom. The molecule has 0 saturated heterocycles. The number of aryl methyl sites for hydroxylation is 1. The Hall–Kier alpha value is -2.85. The Kier molecular flexibility index (Phi) is 5.78. The molecule has 0 radical (unpaired) electrons. The van der Waals surface area contributed by atoms with Crippen LogP contribution in [0.4, 0.5) is 19.7 Å². The number of hydrogen-bond donors (Lipinski definition) is 1. The summed E-state index contributed by atoms with van der Waals surface area (Å²) in [6.07, 6.45) is -0.764. The second-order valence-corrected chi connectivity index (χ2v) is 8.11. The van der Waals surface area contributed by atoms with Crippen molar-refractivity contribution in [2.24, 2.45) is 0 Å². The summed E-state index contributed by atoms with van der Waals surface area (Å²) in [5.41, 5.74) is 1.37. The summed E-state index contributed by atoms with van der Waals surface area (Å²) < 4.78 is 29.1. The highest BCUT2D eigenvalue weighted by Gasteiger charge is 2.20. The van der Waals surface area contributed by atoms with Crippen molar-refractivity contribution in [1.29, 1.82) is 0 Å². The van der Waals surface area contributed by atoms with Crippen LogP contribution < -0.4 is 5.32 Å². The van der Waals surface area contributed by atoms with Gasteiger partial charge < -0.3 is 5.32 Å². The summed E-state index contributed by atoms with van der Waals surface area (Å²) in [4.78, 5) is 0. The van der Waals surface area contributed by atoms with Gasteiger partial charge in [-0.2, -0.15) is 10.2 Å². The van der Waals surface area contributed by atoms with Crippen molar-refractivity contribution in [2.75, 3.05) is 5.32 Å². The largest absolute Gasteiger partial charge is 0.313 e. The van der Waals surface area contributed by atoms with E-state index in [4.69, 9.17) is 11.6 Å². The lowest BCUT2D eigenvalue weighted by Crippen LogP contribution is -2.10. The Morgan fingerprint density at radius 3 is 2.70 bits per heavy atom. The van der Waals surface area contributed by atoms with Gasteiger partial charge in [-0.05, 0) is 31.5 Å². The molecule has 0 amide bonds. The van der Waals surface area contributed by atoms with Gasteiger partial charge in [-0.25, -0.2) is 8.78 Å². The van der Waals surface area contributed by atoms with Crippen LogP contribution in [0.25, 0.3) is 0 Å². The molecule has 0 bridgehead atoms. The SMILES string of the molecule is Cc1cc(C(F)F)nn1[C@@H](C)c1nnc(Nc2ccn(Cc3ccccc3Cl)n2)s1. The van der Waals surface area contributed by atoms with Gasteiger partial charge in [-0.1, -0.05) is 41.1 Å². The van der Waals surface area contributed by atoms with Crippen molar-refractivity contribution in [3.05, 3.63) is 69.6 Å². The average Bonchev–Trinajstić information content (AvgIpc) is 3.44. The molecule has 0 spiro atoms. The van der Waals surface area contributed by atoms with Gasteiger partial charge in [0.2, 0.25) is 5.13 Å². The summed E-state index contributed by atoms with van der Waals surface area (Å²) >= 11 is 7.52. The average molecular weight is 450 g/mol. The second kappa shape index (κ2) is 8.49. The second-order valence-electron chi connectivity index (χ2n) is 6.69. The molecule has 1 N–H and O–H groups in total. The molecule has 0 saturated carbocycles. The van der Waals surface area contributed by atoms with E-state index < -0.39 is 6.43 Å². The third-order valence-electron chi connectivity index (χ3n) is 4.50. The molecular weight excluding hydrogens is 432 g/mol. The molecule has 11 heteroatoms. The van der Waals surface area contributed by atoms with Crippen LogP contribution in [0.3, 0.4) is 0 Å². The van der Waals surface area contributed by atoms with E-state index in [1.54, 1.807) is 11.6 Å². The van der Waals surface area contributed by atoms with Crippen LogP contribution in [0.15, 0.2) is 42.6 Å². The van der Waals surface area contributed by atoms with Crippen LogP contribution in [0.2, 0.25) is 5.02 Å². The first-order valence-electron chi connectivity index (χ1n) is 9.12. The highest BCUT2D eigenvalue weighted by molar-refractivity contribution is 7.15. The van der Waals surface area contributed by atoms with Crippen molar-refractivity contribution in [3.63, 3.8) is 0 Å². The number of rotatable bonds is 7. The minimum absolute atomic E-state index is 0.244. The first kappa shape index (κ1) is 20.4. The number of hydrogen-bond acceptors (Lipinski definition) is 6. The van der Waals surface area contributed by atoms with Crippen LogP contribution in [0, 0.1) is 6.92 Å². The van der Waals surface area contributed by atoms with Gasteiger partial charge in [0, 0.05) is 23.0 Å². The number of alkyl halides is 2. The standard InChI is InChI=1S/C19H18ClF2N7S/c1-11-9-15(17(21)22)26-29(11)12(2)18-24-25-19(30-18)23-16-7-8-28(27-16)10-13-5-3-4-6-14(13)20/h3-9,12,17H,10H2,1-2H3,(H,23,25,27)/t12-/m0/s1. The fraction of sp³-hybridized carbons (Fsp3) is 0.263. The topological polar surface area (TPSA) is 73.5 Å². The Labute approximate surface area is 180 Å². The maximum Gasteiger partial charge on any atom is 0.282 e. The zero-order chi connectivity index (χ0) is 21.3. The lowest BCUT2D eigenvalue weighted by molar-refractivity contribution is 0.145. The highest BCUT2D eigenvalue weighted by Crippen LogP contribution is 2.28. The van der Waals surface area contributed by atoms with E-state index in [1.165, 1.54) is 22.1 Å². The fourth-order valence-electron chi connectivity index (χ4n) is 3.00. The van der Waals surface area contributed by atoms with E-state index in [-0.39, 0.29) is 11.7 Å². The van der Waals surface area contributed by atoms with Crippen LogP contribution in [0.5, 0.6) is 0 Å². The van der Waals surface area contributed by atoms with Crippen molar-refractivity contribution >= 4 is 33.9 Å². The molecule has 0 fully saturated rings. The fourth-order valence-corrected chi connectivity index (χ4v) is 3.98. The van der Waals surface area contributed by atoms with E-state index in [1.807, 2.05) is 43.5 Å². The number of halogens is 3. The summed E-state index contributed by atoms with van der Waals surface area (Å²) in [7, 11) is 0. The van der Waals surface area contributed by atoms with Gasteiger partial charge >= 0.3 is 0 Å². The summed E-state index contributed by atoms with van der Waals surface area (Å²) in [5.74, 6) is 0.618. The third kappa shape index (κ3) is 4.34. The predicted molar refractivity (Wildman–Crippen MR) is 112 cm³/mol. The Morgan fingerprint density at radius 2 is 1.97 bits per heavy atom. The molecule has 1 aromatic carbocycles. The molecule has 7 nitrogen and oxygen atoms in total. The van der Waals surface area contributed by atoms with Gasteiger partial charge in [0.15, 0.2) is 5.82 Å². The quantitative estimate of drug-likeness (QED) is 0.418. The molecule has 0 aliphatic rings. The summed E-state index contributed by atoms with van der Waals surface area (Å²) in [5, 5.41) is 21.8. The van der Waals surface area contributed by atoms with E-state index in [0.717, 1.165) is 5.56 Å². The molecule has 3 aromatic heterocycles. The number of benzene rings is 1. The molecule has 156 valence electrons. The lowest BCUT2D eigenvalue weighted by Gasteiger charge is -2.10. The number of nitrogens with zero attached hydrogens (tertiary/aromatic N) is 6. The van der Waals surface area contributed by atoms with Crippen molar-refractivity contribution in [2.45, 2.75) is 32.9 Å². The molecule has 1 atom stereocenters. The van der Waals surface area contributed by atoms with E-state index in [9.17, 15) is 8.78 Å². The monoisotopic (exact) mass is 449 g/mol. The van der Waals surface area contributed by atoms with Crippen molar-refractivity contribution in [3.8, 4) is 0 Å². The van der Waals surface area contributed by atoms with Crippen molar-refractivity contribution in [1.82, 2.24) is 29.8 Å². The van der Waals surface area contributed by atoms with E-state index in [0.29, 0.717) is 33.2 Å². The molecular formula is C19H18ClF2N7S. The van der Waals surface area contributed by atoms with E-state index in [2.05, 4.69) is 25.7 Å². The number of nitrogens with one attached hydrogen (secondary N) is 1. The van der Waals surface area contributed by atoms with Crippen LogP contribution in [0.1, 0.15) is 41.3 Å².